The number of halogens is 1. The molecule has 3 aromatic rings. The topological polar surface area (TPSA) is 185 Å². The van der Waals surface area contributed by atoms with E-state index in [9.17, 15) is 14.2 Å². The summed E-state index contributed by atoms with van der Waals surface area (Å²) in [6.07, 6.45) is -0.0309. The third-order valence-corrected chi connectivity index (χ3v) is 9.25. The largest absolute Gasteiger partial charge is 0.493 e. The summed E-state index contributed by atoms with van der Waals surface area (Å²) in [5, 5.41) is 8.28. The van der Waals surface area contributed by atoms with Gasteiger partial charge in [0, 0.05) is 19.2 Å². The van der Waals surface area contributed by atoms with E-state index in [1.54, 1.807) is 33.8 Å². The highest BCUT2D eigenvalue weighted by atomic mass is 31.2. The van der Waals surface area contributed by atoms with Crippen LogP contribution in [0.4, 0.5) is 33.5 Å². The van der Waals surface area contributed by atoms with Crippen LogP contribution in [-0.2, 0) is 23.6 Å². The van der Waals surface area contributed by atoms with Crippen molar-refractivity contribution in [2.45, 2.75) is 52.4 Å². The van der Waals surface area contributed by atoms with Crippen LogP contribution in [0.2, 0.25) is 0 Å². The third kappa shape index (κ3) is 7.69. The minimum absolute atomic E-state index is 0.100. The summed E-state index contributed by atoms with van der Waals surface area (Å²) in [5.41, 5.74) is -0.963. The van der Waals surface area contributed by atoms with Crippen LogP contribution < -0.4 is 39.3 Å². The Balaban J connectivity index is 1.85. The molecule has 3 N–H and O–H groups in total. The molecule has 0 bridgehead atoms. The summed E-state index contributed by atoms with van der Waals surface area (Å²) in [6, 6.07) is 4.93. The smallest absolute Gasteiger partial charge is 0.323 e. The van der Waals surface area contributed by atoms with Gasteiger partial charge in [-0.2, -0.15) is 4.98 Å². The first kappa shape index (κ1) is 36.1. The molecule has 260 valence electrons. The van der Waals surface area contributed by atoms with Gasteiger partial charge < -0.3 is 39.1 Å². The Hall–Kier alpha value is -4.73. The zero-order chi connectivity index (χ0) is 35.4. The van der Waals surface area contributed by atoms with Crippen molar-refractivity contribution in [2.24, 2.45) is 0 Å². The molecule has 0 fully saturated rings. The van der Waals surface area contributed by atoms with E-state index >= 15 is 4.39 Å². The second-order valence-corrected chi connectivity index (χ2v) is 13.6. The van der Waals surface area contributed by atoms with Crippen LogP contribution in [0.1, 0.15) is 34.6 Å². The number of hydrogen-bond donors (Lipinski definition) is 3. The van der Waals surface area contributed by atoms with E-state index in [2.05, 4.69) is 30.7 Å². The summed E-state index contributed by atoms with van der Waals surface area (Å²) >= 11 is 0. The molecule has 3 heterocycles. The highest BCUT2D eigenvalue weighted by molar-refractivity contribution is 7.63. The molecule has 2 aromatic heterocycles. The van der Waals surface area contributed by atoms with Crippen molar-refractivity contribution in [3.05, 3.63) is 36.3 Å². The predicted molar refractivity (Wildman–Crippen MR) is 174 cm³/mol. The van der Waals surface area contributed by atoms with Gasteiger partial charge in [-0.1, -0.05) is 0 Å². The number of nitrogens with one attached hydrogen (secondary N) is 3. The van der Waals surface area contributed by atoms with Crippen molar-refractivity contribution in [3.8, 4) is 23.0 Å². The van der Waals surface area contributed by atoms with Gasteiger partial charge in [-0.3, -0.25) is 14.2 Å². The van der Waals surface area contributed by atoms with Gasteiger partial charge in [-0.05, 0) is 46.8 Å². The molecule has 2 atom stereocenters. The number of carbonyl (C=O) groups is 2. The maximum Gasteiger partial charge on any atom is 0.323 e. The van der Waals surface area contributed by atoms with Crippen LogP contribution in [-0.4, -0.2) is 79.4 Å². The zero-order valence-corrected chi connectivity index (χ0v) is 28.9. The Morgan fingerprint density at radius 2 is 1.75 bits per heavy atom. The standard InChI is InChI=1S/C30H39FN7O9P/c1-16(2)46-27(39)17(3)37-48(41,15-42-6)38(18-12-21(43-7)24(45-9)22(13-18)44-8)29-32-14-19(31)25(36-29)33-23-11-10-20-26(34-23)35-28(40)30(4,5)47-20/h10-14,16-17H,15H2,1-9H3,(H,37,41)(H2,32,33,34,35,36,40)/t17-,48?/m0/s1. The predicted octanol–water partition coefficient (Wildman–Crippen LogP) is 4.75. The van der Waals surface area contributed by atoms with Gasteiger partial charge in [-0.15, -0.1) is 0 Å². The monoisotopic (exact) mass is 691 g/mol. The number of esters is 1. The summed E-state index contributed by atoms with van der Waals surface area (Å²) < 4.78 is 64.3. The van der Waals surface area contributed by atoms with E-state index in [0.717, 1.165) is 6.20 Å². The van der Waals surface area contributed by atoms with Gasteiger partial charge in [0.15, 0.2) is 40.3 Å². The number of ether oxygens (including phenoxy) is 6. The number of nitrogens with zero attached hydrogens (tertiary/aromatic N) is 4. The van der Waals surface area contributed by atoms with Gasteiger partial charge in [0.1, 0.15) is 18.2 Å². The number of benzene rings is 1. The van der Waals surface area contributed by atoms with E-state index < -0.39 is 49.2 Å². The van der Waals surface area contributed by atoms with Crippen LogP contribution in [0, 0.1) is 5.82 Å². The number of amides is 1. The average molecular weight is 692 g/mol. The fourth-order valence-corrected chi connectivity index (χ4v) is 6.83. The molecule has 18 heteroatoms. The molecular formula is C30H39FN7O9P. The van der Waals surface area contributed by atoms with Crippen molar-refractivity contribution in [1.82, 2.24) is 20.0 Å². The van der Waals surface area contributed by atoms with Crippen LogP contribution in [0.3, 0.4) is 0 Å². The van der Waals surface area contributed by atoms with Crippen LogP contribution in [0.5, 0.6) is 23.0 Å². The van der Waals surface area contributed by atoms with E-state index in [1.807, 2.05) is 0 Å². The summed E-state index contributed by atoms with van der Waals surface area (Å²) in [4.78, 5) is 38.1. The lowest BCUT2D eigenvalue weighted by molar-refractivity contribution is -0.149. The number of pyridine rings is 1. The molecule has 0 saturated heterocycles. The molecule has 16 nitrogen and oxygen atoms in total. The molecule has 1 aliphatic rings. The quantitative estimate of drug-likeness (QED) is 0.155. The molecule has 0 saturated carbocycles. The minimum Gasteiger partial charge on any atom is -0.493 e. The van der Waals surface area contributed by atoms with Crippen molar-refractivity contribution in [1.29, 1.82) is 0 Å². The second kappa shape index (κ2) is 14.6. The Kier molecular flexibility index (Phi) is 11.0. The summed E-state index contributed by atoms with van der Waals surface area (Å²) in [7, 11) is 1.44. The van der Waals surface area contributed by atoms with E-state index in [-0.39, 0.29) is 46.3 Å². The molecule has 0 radical (unpaired) electrons. The lowest BCUT2D eigenvalue weighted by Gasteiger charge is -2.34. The number of fused-ring (bicyclic) bond motifs is 1. The third-order valence-electron chi connectivity index (χ3n) is 6.79. The van der Waals surface area contributed by atoms with Crippen LogP contribution in [0.15, 0.2) is 30.5 Å². The maximum atomic E-state index is 15.3. The first-order chi connectivity index (χ1) is 22.7. The first-order valence-electron chi connectivity index (χ1n) is 14.6. The van der Waals surface area contributed by atoms with Crippen LogP contribution in [0.25, 0.3) is 0 Å². The normalized spacial score (nSPS) is 15.3. The van der Waals surface area contributed by atoms with Crippen LogP contribution >= 0.6 is 7.44 Å². The van der Waals surface area contributed by atoms with Gasteiger partial charge in [0.2, 0.25) is 11.7 Å². The first-order valence-corrected chi connectivity index (χ1v) is 16.5. The fourth-order valence-electron chi connectivity index (χ4n) is 4.59. The SMILES string of the molecule is COCP(=O)(N[C@@H](C)C(=O)OC(C)C)N(c1cc(OC)c(OC)c(OC)c1)c1ncc(F)c(Nc2ccc3c(n2)NC(=O)C(C)(C)O3)n1. The maximum absolute atomic E-state index is 15.3. The average Bonchev–Trinajstić information content (AvgIpc) is 3.02. The summed E-state index contributed by atoms with van der Waals surface area (Å²) in [5.74, 6) is -1.43. The van der Waals surface area contributed by atoms with Crippen molar-refractivity contribution in [3.63, 3.8) is 0 Å². The number of anilines is 5. The second-order valence-electron chi connectivity index (χ2n) is 11.3. The van der Waals surface area contributed by atoms with E-state index in [0.29, 0.717) is 5.75 Å². The van der Waals surface area contributed by atoms with Crippen molar-refractivity contribution >= 4 is 48.4 Å². The Morgan fingerprint density at radius 1 is 1.08 bits per heavy atom. The lowest BCUT2D eigenvalue weighted by atomic mass is 10.1. The van der Waals surface area contributed by atoms with Gasteiger partial charge in [0.05, 0.1) is 39.3 Å². The Morgan fingerprint density at radius 3 is 2.33 bits per heavy atom. The minimum atomic E-state index is -4.11. The lowest BCUT2D eigenvalue weighted by Crippen LogP contribution is -2.46. The molecule has 1 amide bonds. The molecule has 4 rings (SSSR count). The zero-order valence-electron chi connectivity index (χ0n) is 28.0. The molecule has 1 aromatic carbocycles. The number of carbonyl (C=O) groups excluding carboxylic acids is 2. The number of aromatic nitrogens is 3. The Bertz CT molecular complexity index is 1700. The fraction of sp³-hybridized carbons (Fsp3) is 0.433. The number of rotatable bonds is 14. The molecular weight excluding hydrogens is 652 g/mol. The van der Waals surface area contributed by atoms with E-state index in [4.69, 9.17) is 28.4 Å². The molecule has 0 aliphatic carbocycles. The molecule has 48 heavy (non-hydrogen) atoms. The highest BCUT2D eigenvalue weighted by Crippen LogP contribution is 2.55. The molecule has 1 aliphatic heterocycles. The molecule has 1 unspecified atom stereocenters. The van der Waals surface area contributed by atoms with Crippen molar-refractivity contribution in [2.75, 3.05) is 50.1 Å². The van der Waals surface area contributed by atoms with E-state index in [1.165, 1.54) is 58.2 Å². The van der Waals surface area contributed by atoms with Gasteiger partial charge >= 0.3 is 5.97 Å². The number of methoxy groups -OCH3 is 4. The van der Waals surface area contributed by atoms with Gasteiger partial charge in [0.25, 0.3) is 13.4 Å². The van der Waals surface area contributed by atoms with Crippen molar-refractivity contribution < 1.29 is 47.0 Å². The highest BCUT2D eigenvalue weighted by Gasteiger charge is 2.39. The molecule has 0 spiro atoms. The van der Waals surface area contributed by atoms with Gasteiger partial charge in [-0.25, -0.2) is 24.1 Å². The Labute approximate surface area is 277 Å². The summed E-state index contributed by atoms with van der Waals surface area (Å²) in [6.45, 7) is 8.06. The number of hydrogen-bond acceptors (Lipinski definition) is 13.